The van der Waals surface area contributed by atoms with Gasteiger partial charge < -0.3 is 5.32 Å². The molecule has 0 aromatic carbocycles. The summed E-state index contributed by atoms with van der Waals surface area (Å²) in [6, 6.07) is 2.51. The number of nitrogens with one attached hydrogen (secondary N) is 1. The number of aromatic nitrogens is 1. The minimum Gasteiger partial charge on any atom is -0.310 e. The number of hydrogen-bond acceptors (Lipinski definition) is 2. The van der Waals surface area contributed by atoms with E-state index >= 15 is 0 Å². The highest BCUT2D eigenvalue weighted by Crippen LogP contribution is 2.23. The maximum absolute atomic E-state index is 4.22. The van der Waals surface area contributed by atoms with Crippen LogP contribution in [0.1, 0.15) is 44.4 Å². The van der Waals surface area contributed by atoms with Crippen molar-refractivity contribution < 1.29 is 0 Å². The molecule has 0 fully saturated rings. The summed E-state index contributed by atoms with van der Waals surface area (Å²) in [7, 11) is 0. The summed E-state index contributed by atoms with van der Waals surface area (Å²) >= 11 is 0. The third-order valence-electron chi connectivity index (χ3n) is 2.70. The van der Waals surface area contributed by atoms with Crippen LogP contribution in [0.15, 0.2) is 18.5 Å². The Balaban J connectivity index is 2.84. The lowest BCUT2D eigenvalue weighted by molar-refractivity contribution is 0.410. The second kappa shape index (κ2) is 5.86. The Morgan fingerprint density at radius 2 is 2.13 bits per heavy atom. The summed E-state index contributed by atoms with van der Waals surface area (Å²) in [6.07, 6.45) is 5.02. The Morgan fingerprint density at radius 1 is 1.40 bits per heavy atom. The lowest BCUT2D eigenvalue weighted by Crippen LogP contribution is -2.27. The van der Waals surface area contributed by atoms with Crippen LogP contribution in [0.2, 0.25) is 0 Å². The van der Waals surface area contributed by atoms with Crippen molar-refractivity contribution in [2.45, 2.75) is 40.2 Å². The van der Waals surface area contributed by atoms with Gasteiger partial charge in [0.05, 0.1) is 0 Å². The van der Waals surface area contributed by atoms with Crippen LogP contribution in [-0.2, 0) is 0 Å². The highest BCUT2D eigenvalue weighted by molar-refractivity contribution is 5.25. The number of pyridine rings is 1. The van der Waals surface area contributed by atoms with Crippen LogP contribution in [0.4, 0.5) is 0 Å². The molecule has 0 radical (unpaired) electrons. The summed E-state index contributed by atoms with van der Waals surface area (Å²) in [5.41, 5.74) is 2.66. The smallest absolute Gasteiger partial charge is 0.0361 e. The minimum atomic E-state index is 0.429. The molecule has 1 aromatic heterocycles. The number of hydrogen-bond donors (Lipinski definition) is 1. The van der Waals surface area contributed by atoms with Crippen molar-refractivity contribution in [3.63, 3.8) is 0 Å². The summed E-state index contributed by atoms with van der Waals surface area (Å²) < 4.78 is 0. The van der Waals surface area contributed by atoms with E-state index in [2.05, 4.69) is 44.1 Å². The van der Waals surface area contributed by atoms with E-state index in [0.717, 1.165) is 6.54 Å². The molecule has 0 spiro atoms. The van der Waals surface area contributed by atoms with Gasteiger partial charge in [0.2, 0.25) is 0 Å². The van der Waals surface area contributed by atoms with Gasteiger partial charge in [0.15, 0.2) is 0 Å². The van der Waals surface area contributed by atoms with Gasteiger partial charge in [0, 0.05) is 18.4 Å². The fraction of sp³-hybridized carbons (Fsp3) is 0.615. The van der Waals surface area contributed by atoms with Gasteiger partial charge in [-0.1, -0.05) is 20.8 Å². The van der Waals surface area contributed by atoms with Gasteiger partial charge >= 0.3 is 0 Å². The first-order valence-electron chi connectivity index (χ1n) is 5.80. The summed E-state index contributed by atoms with van der Waals surface area (Å²) in [5, 5.41) is 3.59. The molecule has 0 saturated heterocycles. The van der Waals surface area contributed by atoms with Crippen LogP contribution >= 0.6 is 0 Å². The van der Waals surface area contributed by atoms with Crippen LogP contribution in [0.3, 0.4) is 0 Å². The number of nitrogens with zero attached hydrogens (tertiary/aromatic N) is 1. The fourth-order valence-electron chi connectivity index (χ4n) is 1.81. The molecule has 1 atom stereocenters. The van der Waals surface area contributed by atoms with E-state index < -0.39 is 0 Å². The third kappa shape index (κ3) is 3.31. The first-order chi connectivity index (χ1) is 7.16. The van der Waals surface area contributed by atoms with Gasteiger partial charge in [0.1, 0.15) is 0 Å². The minimum absolute atomic E-state index is 0.429. The predicted molar refractivity (Wildman–Crippen MR) is 64.8 cm³/mol. The third-order valence-corrected chi connectivity index (χ3v) is 2.70. The molecule has 0 bridgehead atoms. The SMILES string of the molecule is CCCNC(c1cnccc1C)C(C)C. The summed E-state index contributed by atoms with van der Waals surface area (Å²) in [5.74, 6) is 0.597. The van der Waals surface area contributed by atoms with Crippen LogP contribution in [0.25, 0.3) is 0 Å². The van der Waals surface area contributed by atoms with Crippen LogP contribution < -0.4 is 5.32 Å². The van der Waals surface area contributed by atoms with E-state index in [1.54, 1.807) is 0 Å². The monoisotopic (exact) mass is 206 g/mol. The van der Waals surface area contributed by atoms with E-state index in [-0.39, 0.29) is 0 Å². The topological polar surface area (TPSA) is 24.9 Å². The summed E-state index contributed by atoms with van der Waals surface area (Å²) in [4.78, 5) is 4.22. The van der Waals surface area contributed by atoms with Crippen molar-refractivity contribution in [1.29, 1.82) is 0 Å². The van der Waals surface area contributed by atoms with Crippen molar-refractivity contribution in [2.75, 3.05) is 6.54 Å². The molecule has 84 valence electrons. The lowest BCUT2D eigenvalue weighted by Gasteiger charge is -2.24. The van der Waals surface area contributed by atoms with E-state index in [0.29, 0.717) is 12.0 Å². The number of rotatable bonds is 5. The molecule has 2 heteroatoms. The molecule has 1 heterocycles. The number of aryl methyl sites for hydroxylation is 1. The average molecular weight is 206 g/mol. The molecule has 1 aromatic rings. The Hall–Kier alpha value is -0.890. The fourth-order valence-corrected chi connectivity index (χ4v) is 1.81. The molecule has 0 aliphatic rings. The van der Waals surface area contributed by atoms with E-state index in [1.165, 1.54) is 17.5 Å². The highest BCUT2D eigenvalue weighted by atomic mass is 14.9. The molecule has 1 rings (SSSR count). The van der Waals surface area contributed by atoms with Crippen molar-refractivity contribution in [2.24, 2.45) is 5.92 Å². The van der Waals surface area contributed by atoms with E-state index in [1.807, 2.05) is 12.4 Å². The van der Waals surface area contributed by atoms with Gasteiger partial charge in [-0.15, -0.1) is 0 Å². The molecule has 0 saturated carbocycles. The van der Waals surface area contributed by atoms with Crippen molar-refractivity contribution in [1.82, 2.24) is 10.3 Å². The molecule has 0 aliphatic carbocycles. The van der Waals surface area contributed by atoms with E-state index in [9.17, 15) is 0 Å². The van der Waals surface area contributed by atoms with Gasteiger partial charge in [-0.2, -0.15) is 0 Å². The molecule has 1 unspecified atom stereocenters. The second-order valence-electron chi connectivity index (χ2n) is 4.41. The van der Waals surface area contributed by atoms with E-state index in [4.69, 9.17) is 0 Å². The van der Waals surface area contributed by atoms with Gasteiger partial charge in [-0.3, -0.25) is 4.98 Å². The van der Waals surface area contributed by atoms with Crippen LogP contribution in [0.5, 0.6) is 0 Å². The van der Waals surface area contributed by atoms with Gasteiger partial charge in [-0.25, -0.2) is 0 Å². The van der Waals surface area contributed by atoms with Gasteiger partial charge in [0.25, 0.3) is 0 Å². The zero-order valence-electron chi connectivity index (χ0n) is 10.2. The molecule has 15 heavy (non-hydrogen) atoms. The predicted octanol–water partition coefficient (Wildman–Crippen LogP) is 3.09. The molecular weight excluding hydrogens is 184 g/mol. The zero-order chi connectivity index (χ0) is 11.3. The van der Waals surface area contributed by atoms with Crippen LogP contribution in [0, 0.1) is 12.8 Å². The standard InChI is InChI=1S/C13H22N2/c1-5-7-15-13(10(2)3)12-9-14-8-6-11(12)4/h6,8-10,13,15H,5,7H2,1-4H3. The van der Waals surface area contributed by atoms with Crippen molar-refractivity contribution in [3.8, 4) is 0 Å². The normalized spacial score (nSPS) is 13.1. The van der Waals surface area contributed by atoms with Gasteiger partial charge in [-0.05, 0) is 43.0 Å². The maximum Gasteiger partial charge on any atom is 0.0361 e. The molecule has 2 nitrogen and oxygen atoms in total. The molecule has 0 amide bonds. The maximum atomic E-state index is 4.22. The Labute approximate surface area is 93.1 Å². The Bertz CT molecular complexity index is 294. The summed E-state index contributed by atoms with van der Waals surface area (Å²) in [6.45, 7) is 9.91. The lowest BCUT2D eigenvalue weighted by atomic mass is 9.94. The first-order valence-corrected chi connectivity index (χ1v) is 5.80. The first kappa shape index (κ1) is 12.2. The highest BCUT2D eigenvalue weighted by Gasteiger charge is 2.16. The van der Waals surface area contributed by atoms with Crippen LogP contribution in [-0.4, -0.2) is 11.5 Å². The molecule has 1 N–H and O–H groups in total. The largest absolute Gasteiger partial charge is 0.310 e. The van der Waals surface area contributed by atoms with Crippen molar-refractivity contribution in [3.05, 3.63) is 29.6 Å². The van der Waals surface area contributed by atoms with Crippen molar-refractivity contribution >= 4 is 0 Å². The average Bonchev–Trinajstić information content (AvgIpc) is 2.20. The molecular formula is C13H22N2. The zero-order valence-corrected chi connectivity index (χ0v) is 10.2. The quantitative estimate of drug-likeness (QED) is 0.800. The Kier molecular flexibility index (Phi) is 4.76. The second-order valence-corrected chi connectivity index (χ2v) is 4.41. The Morgan fingerprint density at radius 3 is 2.67 bits per heavy atom. The molecule has 0 aliphatic heterocycles.